The number of amides is 1. The van der Waals surface area contributed by atoms with Crippen molar-refractivity contribution in [3.8, 4) is 0 Å². The van der Waals surface area contributed by atoms with E-state index in [1.165, 1.54) is 25.8 Å². The first-order valence-corrected chi connectivity index (χ1v) is 8.08. The molecule has 0 radical (unpaired) electrons. The van der Waals surface area contributed by atoms with Crippen molar-refractivity contribution in [3.63, 3.8) is 0 Å². The molecule has 0 saturated carbocycles. The second-order valence-electron chi connectivity index (χ2n) is 6.21. The normalized spacial score (nSPS) is 23.6. The molecule has 2 fully saturated rings. The Morgan fingerprint density at radius 1 is 1.24 bits per heavy atom. The minimum Gasteiger partial charge on any atom is -0.383 e. The highest BCUT2D eigenvalue weighted by atomic mass is 16.2. The van der Waals surface area contributed by atoms with Crippen molar-refractivity contribution in [2.75, 3.05) is 36.9 Å². The first-order chi connectivity index (χ1) is 10.2. The summed E-state index contributed by atoms with van der Waals surface area (Å²) in [6.45, 7) is 3.04. The van der Waals surface area contributed by atoms with Gasteiger partial charge in [0, 0.05) is 36.9 Å². The quantitative estimate of drug-likeness (QED) is 0.925. The van der Waals surface area contributed by atoms with Crippen molar-refractivity contribution < 1.29 is 4.79 Å². The molecule has 2 aliphatic heterocycles. The summed E-state index contributed by atoms with van der Waals surface area (Å²) in [5.74, 6) is 0.249. The summed E-state index contributed by atoms with van der Waals surface area (Å²) < 4.78 is 0. The second-order valence-corrected chi connectivity index (χ2v) is 6.21. The third-order valence-corrected chi connectivity index (χ3v) is 4.69. The lowest BCUT2D eigenvalue weighted by Gasteiger charge is -2.32. The number of likely N-dealkylation sites (tertiary alicyclic amines) is 1. The van der Waals surface area contributed by atoms with Gasteiger partial charge in [-0.1, -0.05) is 12.5 Å². The Bertz CT molecular complexity index is 503. The van der Waals surface area contributed by atoms with Gasteiger partial charge in [-0.25, -0.2) is 0 Å². The fourth-order valence-corrected chi connectivity index (χ4v) is 3.34. The molecule has 1 unspecified atom stereocenters. The van der Waals surface area contributed by atoms with E-state index in [2.05, 4.69) is 29.4 Å². The van der Waals surface area contributed by atoms with Gasteiger partial charge in [0.25, 0.3) is 0 Å². The van der Waals surface area contributed by atoms with Crippen molar-refractivity contribution in [1.82, 2.24) is 4.90 Å². The SMILES string of the molecule is CN1CCCCC1CNc1cccc(N2CCCC2=O)c1. The summed E-state index contributed by atoms with van der Waals surface area (Å²) >= 11 is 0. The van der Waals surface area contributed by atoms with Crippen LogP contribution in [0.3, 0.4) is 0 Å². The van der Waals surface area contributed by atoms with Crippen molar-refractivity contribution in [2.45, 2.75) is 38.1 Å². The van der Waals surface area contributed by atoms with Gasteiger partial charge in [0.05, 0.1) is 0 Å². The molecule has 114 valence electrons. The molecular weight excluding hydrogens is 262 g/mol. The van der Waals surface area contributed by atoms with Crippen LogP contribution in [0.25, 0.3) is 0 Å². The molecule has 1 aromatic rings. The lowest BCUT2D eigenvalue weighted by atomic mass is 10.0. The zero-order valence-corrected chi connectivity index (χ0v) is 12.8. The van der Waals surface area contributed by atoms with Crippen molar-refractivity contribution in [2.24, 2.45) is 0 Å². The topological polar surface area (TPSA) is 35.6 Å². The maximum absolute atomic E-state index is 11.8. The minimum absolute atomic E-state index is 0.249. The molecule has 21 heavy (non-hydrogen) atoms. The Labute approximate surface area is 127 Å². The largest absolute Gasteiger partial charge is 0.383 e. The van der Waals surface area contributed by atoms with Crippen LogP contribution in [0.15, 0.2) is 24.3 Å². The van der Waals surface area contributed by atoms with Gasteiger partial charge in [-0.3, -0.25) is 4.79 Å². The Hall–Kier alpha value is -1.55. The van der Waals surface area contributed by atoms with Crippen LogP contribution in [0.1, 0.15) is 32.1 Å². The Morgan fingerprint density at radius 2 is 2.14 bits per heavy atom. The van der Waals surface area contributed by atoms with Gasteiger partial charge in [-0.2, -0.15) is 0 Å². The average molecular weight is 287 g/mol. The van der Waals surface area contributed by atoms with Crippen LogP contribution >= 0.6 is 0 Å². The zero-order valence-electron chi connectivity index (χ0n) is 12.8. The molecule has 1 atom stereocenters. The van der Waals surface area contributed by atoms with Crippen LogP contribution in [0.4, 0.5) is 11.4 Å². The van der Waals surface area contributed by atoms with E-state index in [4.69, 9.17) is 0 Å². The predicted molar refractivity (Wildman–Crippen MR) is 86.8 cm³/mol. The molecule has 3 rings (SSSR count). The number of hydrogen-bond donors (Lipinski definition) is 1. The molecule has 4 heteroatoms. The van der Waals surface area contributed by atoms with Gasteiger partial charge >= 0.3 is 0 Å². The number of carbonyl (C=O) groups is 1. The monoisotopic (exact) mass is 287 g/mol. The molecule has 2 heterocycles. The number of rotatable bonds is 4. The molecule has 4 nitrogen and oxygen atoms in total. The highest BCUT2D eigenvalue weighted by Crippen LogP contribution is 2.24. The van der Waals surface area contributed by atoms with Crippen LogP contribution < -0.4 is 10.2 Å². The molecule has 1 amide bonds. The zero-order chi connectivity index (χ0) is 14.7. The van der Waals surface area contributed by atoms with E-state index in [0.29, 0.717) is 12.5 Å². The molecule has 2 saturated heterocycles. The first kappa shape index (κ1) is 14.4. The molecule has 0 bridgehead atoms. The number of piperidine rings is 1. The van der Waals surface area contributed by atoms with Crippen molar-refractivity contribution in [1.29, 1.82) is 0 Å². The molecule has 0 spiro atoms. The number of nitrogens with one attached hydrogen (secondary N) is 1. The highest BCUT2D eigenvalue weighted by molar-refractivity contribution is 5.95. The van der Waals surface area contributed by atoms with Gasteiger partial charge in [0.2, 0.25) is 5.91 Å². The summed E-state index contributed by atoms with van der Waals surface area (Å²) in [6.07, 6.45) is 5.58. The molecule has 1 N–H and O–H groups in total. The molecule has 0 aromatic heterocycles. The average Bonchev–Trinajstić information content (AvgIpc) is 2.93. The summed E-state index contributed by atoms with van der Waals surface area (Å²) in [7, 11) is 2.21. The summed E-state index contributed by atoms with van der Waals surface area (Å²) in [5, 5.41) is 3.54. The van der Waals surface area contributed by atoms with E-state index in [1.807, 2.05) is 17.0 Å². The molecule has 1 aromatic carbocycles. The van der Waals surface area contributed by atoms with Gasteiger partial charge in [-0.05, 0) is 51.1 Å². The van der Waals surface area contributed by atoms with E-state index >= 15 is 0 Å². The lowest BCUT2D eigenvalue weighted by molar-refractivity contribution is -0.117. The molecule has 0 aliphatic carbocycles. The maximum atomic E-state index is 11.8. The number of benzene rings is 1. The fraction of sp³-hybridized carbons (Fsp3) is 0.588. The maximum Gasteiger partial charge on any atom is 0.227 e. The van der Waals surface area contributed by atoms with Crippen molar-refractivity contribution >= 4 is 17.3 Å². The van der Waals surface area contributed by atoms with Crippen LogP contribution in [0.5, 0.6) is 0 Å². The summed E-state index contributed by atoms with van der Waals surface area (Å²) in [6, 6.07) is 8.88. The third kappa shape index (κ3) is 3.38. The van der Waals surface area contributed by atoms with E-state index in [-0.39, 0.29) is 5.91 Å². The number of likely N-dealkylation sites (N-methyl/N-ethyl adjacent to an activating group) is 1. The van der Waals surface area contributed by atoms with E-state index in [0.717, 1.165) is 30.9 Å². The van der Waals surface area contributed by atoms with E-state index in [9.17, 15) is 4.79 Å². The third-order valence-electron chi connectivity index (χ3n) is 4.69. The number of hydrogen-bond acceptors (Lipinski definition) is 3. The number of nitrogens with zero attached hydrogens (tertiary/aromatic N) is 2. The van der Waals surface area contributed by atoms with Crippen LogP contribution in [-0.4, -0.2) is 43.5 Å². The van der Waals surface area contributed by atoms with E-state index < -0.39 is 0 Å². The minimum atomic E-state index is 0.249. The Morgan fingerprint density at radius 3 is 2.90 bits per heavy atom. The van der Waals surface area contributed by atoms with Gasteiger partial charge in [0.1, 0.15) is 0 Å². The Balaban J connectivity index is 1.62. The molecule has 2 aliphatic rings. The van der Waals surface area contributed by atoms with Gasteiger partial charge in [-0.15, -0.1) is 0 Å². The summed E-state index contributed by atoms with van der Waals surface area (Å²) in [5.41, 5.74) is 2.14. The van der Waals surface area contributed by atoms with Crippen LogP contribution in [0.2, 0.25) is 0 Å². The number of carbonyl (C=O) groups excluding carboxylic acids is 1. The van der Waals surface area contributed by atoms with E-state index in [1.54, 1.807) is 0 Å². The number of anilines is 2. The second kappa shape index (κ2) is 6.48. The van der Waals surface area contributed by atoms with Crippen LogP contribution in [-0.2, 0) is 4.79 Å². The smallest absolute Gasteiger partial charge is 0.227 e. The summed E-state index contributed by atoms with van der Waals surface area (Å²) in [4.78, 5) is 16.2. The standard InChI is InChI=1S/C17H25N3O/c1-19-10-3-2-7-16(19)13-18-14-6-4-8-15(12-14)20-11-5-9-17(20)21/h4,6,8,12,16,18H,2-3,5,7,9-11,13H2,1H3. The Kier molecular flexibility index (Phi) is 4.44. The molecular formula is C17H25N3O. The predicted octanol–water partition coefficient (Wildman–Crippen LogP) is 2.71. The van der Waals surface area contributed by atoms with Crippen LogP contribution in [0, 0.1) is 0 Å². The highest BCUT2D eigenvalue weighted by Gasteiger charge is 2.22. The first-order valence-electron chi connectivity index (χ1n) is 8.08. The fourth-order valence-electron chi connectivity index (χ4n) is 3.34. The van der Waals surface area contributed by atoms with Crippen molar-refractivity contribution in [3.05, 3.63) is 24.3 Å². The van der Waals surface area contributed by atoms with Gasteiger partial charge < -0.3 is 15.1 Å². The van der Waals surface area contributed by atoms with Gasteiger partial charge in [0.15, 0.2) is 0 Å². The lowest BCUT2D eigenvalue weighted by Crippen LogP contribution is -2.40.